The first-order valence-corrected chi connectivity index (χ1v) is 18.0. The zero-order valence-corrected chi connectivity index (χ0v) is 29.0. The van der Waals surface area contributed by atoms with Crippen LogP contribution in [0, 0.1) is 6.92 Å². The minimum absolute atomic E-state index is 0.00681. The molecule has 47 heavy (non-hydrogen) atoms. The Hall–Kier alpha value is -3.56. The highest BCUT2D eigenvalue weighted by Gasteiger charge is 2.35. The van der Waals surface area contributed by atoms with Crippen LogP contribution in [0.5, 0.6) is 0 Å². The van der Waals surface area contributed by atoms with Crippen molar-refractivity contribution in [2.75, 3.05) is 10.8 Å². The van der Waals surface area contributed by atoms with Crippen molar-refractivity contribution in [2.45, 2.75) is 62.6 Å². The Morgan fingerprint density at radius 2 is 1.47 bits per heavy atom. The summed E-state index contributed by atoms with van der Waals surface area (Å²) in [5, 5.41) is 4.17. The van der Waals surface area contributed by atoms with E-state index >= 15 is 0 Å². The number of amides is 2. The number of halogens is 3. The Bertz CT molecular complexity index is 1820. The van der Waals surface area contributed by atoms with E-state index < -0.39 is 28.5 Å². The van der Waals surface area contributed by atoms with E-state index in [1.54, 1.807) is 48.5 Å². The maximum absolute atomic E-state index is 14.6. The fourth-order valence-corrected chi connectivity index (χ4v) is 7.66. The zero-order valence-electron chi connectivity index (χ0n) is 25.9. The normalized spacial score (nSPS) is 14.0. The summed E-state index contributed by atoms with van der Waals surface area (Å²) in [6.45, 7) is 1.21. The number of sulfonamides is 1. The van der Waals surface area contributed by atoms with Crippen molar-refractivity contribution in [2.24, 2.45) is 0 Å². The molecule has 1 fully saturated rings. The lowest BCUT2D eigenvalue weighted by atomic mass is 10.0. The number of nitrogens with zero attached hydrogens (tertiary/aromatic N) is 2. The van der Waals surface area contributed by atoms with E-state index in [9.17, 15) is 18.0 Å². The van der Waals surface area contributed by atoms with Crippen molar-refractivity contribution in [3.05, 3.63) is 129 Å². The van der Waals surface area contributed by atoms with Gasteiger partial charge in [-0.05, 0) is 72.9 Å². The van der Waals surface area contributed by atoms with Crippen molar-refractivity contribution in [1.29, 1.82) is 0 Å². The fourth-order valence-electron chi connectivity index (χ4n) is 5.74. The molecule has 4 aromatic carbocycles. The van der Waals surface area contributed by atoms with Gasteiger partial charge in [0.1, 0.15) is 12.6 Å². The van der Waals surface area contributed by atoms with Gasteiger partial charge in [-0.25, -0.2) is 8.42 Å². The summed E-state index contributed by atoms with van der Waals surface area (Å²) in [5.41, 5.74) is 2.47. The van der Waals surface area contributed by atoms with E-state index in [-0.39, 0.29) is 35.5 Å². The Morgan fingerprint density at radius 1 is 0.809 bits per heavy atom. The molecule has 1 aliphatic rings. The molecule has 0 spiro atoms. The second kappa shape index (κ2) is 15.6. The number of aryl methyl sites for hydroxylation is 1. The van der Waals surface area contributed by atoms with Crippen molar-refractivity contribution in [3.63, 3.8) is 0 Å². The molecule has 0 bridgehead atoms. The molecule has 0 radical (unpaired) electrons. The Balaban J connectivity index is 1.58. The average Bonchev–Trinajstić information content (AvgIpc) is 3.58. The lowest BCUT2D eigenvalue weighted by Crippen LogP contribution is -2.54. The van der Waals surface area contributed by atoms with Crippen LogP contribution in [-0.2, 0) is 32.6 Å². The minimum Gasteiger partial charge on any atom is -0.352 e. The van der Waals surface area contributed by atoms with E-state index in [1.807, 2.05) is 37.3 Å². The monoisotopic (exact) mass is 711 g/mol. The van der Waals surface area contributed by atoms with Gasteiger partial charge in [0, 0.05) is 24.0 Å². The van der Waals surface area contributed by atoms with Gasteiger partial charge in [0.15, 0.2) is 0 Å². The molecule has 4 aromatic rings. The summed E-state index contributed by atoms with van der Waals surface area (Å²) >= 11 is 19.0. The summed E-state index contributed by atoms with van der Waals surface area (Å²) in [7, 11) is -4.23. The highest BCUT2D eigenvalue weighted by molar-refractivity contribution is 7.92. The summed E-state index contributed by atoms with van der Waals surface area (Å²) in [4.78, 5) is 30.2. The van der Waals surface area contributed by atoms with Gasteiger partial charge in [-0.15, -0.1) is 0 Å². The molecule has 0 unspecified atom stereocenters. The second-order valence-electron chi connectivity index (χ2n) is 11.7. The van der Waals surface area contributed by atoms with Gasteiger partial charge < -0.3 is 10.2 Å². The van der Waals surface area contributed by atoms with Crippen molar-refractivity contribution >= 4 is 62.3 Å². The molecule has 0 heterocycles. The van der Waals surface area contributed by atoms with Gasteiger partial charge in [-0.3, -0.25) is 13.9 Å². The summed E-state index contributed by atoms with van der Waals surface area (Å²) in [6.07, 6.45) is 3.98. The average molecular weight is 713 g/mol. The molecule has 1 aliphatic carbocycles. The first-order valence-electron chi connectivity index (χ1n) is 15.4. The molecule has 5 rings (SSSR count). The third-order valence-electron chi connectivity index (χ3n) is 8.36. The Kier molecular flexibility index (Phi) is 11.5. The van der Waals surface area contributed by atoms with Crippen LogP contribution in [0.2, 0.25) is 15.1 Å². The molecule has 246 valence electrons. The SMILES string of the molecule is Cc1ccc(N(CC(=O)N(Cc2ccc(Cl)c(Cl)c2)[C@H](Cc2ccccc2)C(=O)NC2CCCC2)S(=O)(=O)c2ccccc2)cc1Cl. The smallest absolute Gasteiger partial charge is 0.264 e. The second-order valence-corrected chi connectivity index (χ2v) is 14.8. The summed E-state index contributed by atoms with van der Waals surface area (Å²) in [5.74, 6) is -0.875. The van der Waals surface area contributed by atoms with Crippen molar-refractivity contribution in [3.8, 4) is 0 Å². The van der Waals surface area contributed by atoms with Crippen molar-refractivity contribution < 1.29 is 18.0 Å². The largest absolute Gasteiger partial charge is 0.352 e. The van der Waals surface area contributed by atoms with Gasteiger partial charge in [-0.2, -0.15) is 0 Å². The van der Waals surface area contributed by atoms with Crippen LogP contribution in [0.3, 0.4) is 0 Å². The number of rotatable bonds is 12. The van der Waals surface area contributed by atoms with E-state index in [0.717, 1.165) is 41.1 Å². The molecule has 7 nitrogen and oxygen atoms in total. The number of anilines is 1. The molecule has 1 N–H and O–H groups in total. The van der Waals surface area contributed by atoms with Crippen LogP contribution < -0.4 is 9.62 Å². The first kappa shape index (κ1) is 34.8. The number of hydrogen-bond donors (Lipinski definition) is 1. The standard InChI is InChI=1S/C36H36Cl3N3O4S/c1-25-16-18-29(22-32(25)38)42(47(45,46)30-14-6-3-7-15-30)24-35(43)41(23-27-17-19-31(37)33(39)20-27)34(21-26-10-4-2-5-11-26)36(44)40-28-12-8-9-13-28/h2-7,10-11,14-20,22,28,34H,8-9,12-13,21,23-24H2,1H3,(H,40,44)/t34-/m1/s1. The van der Waals surface area contributed by atoms with E-state index in [2.05, 4.69) is 5.32 Å². The molecule has 0 saturated heterocycles. The van der Waals surface area contributed by atoms with Crippen LogP contribution in [0.4, 0.5) is 5.69 Å². The highest BCUT2D eigenvalue weighted by atomic mass is 35.5. The van der Waals surface area contributed by atoms with Gasteiger partial charge in [0.05, 0.1) is 20.6 Å². The predicted octanol–water partition coefficient (Wildman–Crippen LogP) is 7.85. The molecule has 0 aliphatic heterocycles. The zero-order chi connectivity index (χ0) is 33.6. The number of hydrogen-bond acceptors (Lipinski definition) is 4. The van der Waals surface area contributed by atoms with E-state index in [0.29, 0.717) is 20.6 Å². The van der Waals surface area contributed by atoms with Crippen molar-refractivity contribution in [1.82, 2.24) is 10.2 Å². The third-order valence-corrected chi connectivity index (χ3v) is 11.3. The van der Waals surface area contributed by atoms with Crippen LogP contribution in [0.15, 0.2) is 102 Å². The molecule has 0 aromatic heterocycles. The molecule has 1 saturated carbocycles. The number of nitrogens with one attached hydrogen (secondary N) is 1. The van der Waals surface area contributed by atoms with Gasteiger partial charge in [0.2, 0.25) is 11.8 Å². The number of carbonyl (C=O) groups is 2. The lowest BCUT2D eigenvalue weighted by Gasteiger charge is -2.34. The highest BCUT2D eigenvalue weighted by Crippen LogP contribution is 2.30. The van der Waals surface area contributed by atoms with Crippen LogP contribution in [0.1, 0.15) is 42.4 Å². The summed E-state index contributed by atoms with van der Waals surface area (Å²) in [6, 6.07) is 26.3. The molecular formula is C36H36Cl3N3O4S. The molecule has 11 heteroatoms. The van der Waals surface area contributed by atoms with E-state index in [1.165, 1.54) is 23.1 Å². The summed E-state index contributed by atoms with van der Waals surface area (Å²) < 4.78 is 29.4. The van der Waals surface area contributed by atoms with Crippen LogP contribution in [0.25, 0.3) is 0 Å². The Morgan fingerprint density at radius 3 is 2.11 bits per heavy atom. The Labute approximate surface area is 291 Å². The van der Waals surface area contributed by atoms with Gasteiger partial charge >= 0.3 is 0 Å². The van der Waals surface area contributed by atoms with E-state index in [4.69, 9.17) is 34.8 Å². The fraction of sp³-hybridized carbons (Fsp3) is 0.278. The molecule has 2 amide bonds. The van der Waals surface area contributed by atoms with Gasteiger partial charge in [0.25, 0.3) is 10.0 Å². The minimum atomic E-state index is -4.23. The third kappa shape index (κ3) is 8.68. The lowest BCUT2D eigenvalue weighted by molar-refractivity contribution is -0.140. The number of benzene rings is 4. The number of carbonyl (C=O) groups excluding carboxylic acids is 2. The van der Waals surface area contributed by atoms with Crippen LogP contribution >= 0.6 is 34.8 Å². The predicted molar refractivity (Wildman–Crippen MR) is 189 cm³/mol. The molecular weight excluding hydrogens is 677 g/mol. The van der Waals surface area contributed by atoms with Gasteiger partial charge in [-0.1, -0.05) is 108 Å². The maximum Gasteiger partial charge on any atom is 0.264 e. The first-order chi connectivity index (χ1) is 22.5. The maximum atomic E-state index is 14.6. The molecule has 1 atom stereocenters. The topological polar surface area (TPSA) is 86.8 Å². The quantitative estimate of drug-likeness (QED) is 0.162. The van der Waals surface area contributed by atoms with Crippen LogP contribution in [-0.4, -0.2) is 43.8 Å².